The molecule has 0 aliphatic heterocycles. The van der Waals surface area contributed by atoms with Gasteiger partial charge < -0.3 is 10.1 Å². The zero-order valence-corrected chi connectivity index (χ0v) is 15.5. The fourth-order valence-corrected chi connectivity index (χ4v) is 3.72. The molecule has 26 heavy (non-hydrogen) atoms. The lowest BCUT2D eigenvalue weighted by atomic mass is 10.1. The van der Waals surface area contributed by atoms with Crippen LogP contribution in [-0.2, 0) is 20.7 Å². The number of nitrogens with one attached hydrogen (secondary N) is 1. The molecular formula is C15H16N6O3S2. The van der Waals surface area contributed by atoms with Gasteiger partial charge in [-0.2, -0.15) is 11.3 Å². The van der Waals surface area contributed by atoms with Gasteiger partial charge in [-0.25, -0.2) is 9.67 Å². The second-order valence-electron chi connectivity index (χ2n) is 5.24. The van der Waals surface area contributed by atoms with Gasteiger partial charge in [0.1, 0.15) is 6.33 Å². The molecular weight excluding hydrogens is 376 g/mol. The summed E-state index contributed by atoms with van der Waals surface area (Å²) in [7, 11) is 0. The molecule has 0 spiro atoms. The SMILES string of the molecule is CCOC(=O)Cc1csc(NC(=O)C[C@H](c2ccsc2)n2cnnn2)n1. The van der Waals surface area contributed by atoms with E-state index in [0.717, 1.165) is 5.56 Å². The molecule has 0 aliphatic rings. The van der Waals surface area contributed by atoms with Crippen LogP contribution in [0, 0.1) is 0 Å². The normalized spacial score (nSPS) is 11.9. The maximum Gasteiger partial charge on any atom is 0.311 e. The lowest BCUT2D eigenvalue weighted by molar-refractivity contribution is -0.142. The van der Waals surface area contributed by atoms with Crippen LogP contribution < -0.4 is 5.32 Å². The van der Waals surface area contributed by atoms with Crippen LogP contribution in [0.1, 0.15) is 30.6 Å². The fraction of sp³-hybridized carbons (Fsp3) is 0.333. The highest BCUT2D eigenvalue weighted by Gasteiger charge is 2.20. The summed E-state index contributed by atoms with van der Waals surface area (Å²) in [6.07, 6.45) is 1.73. The molecule has 0 aromatic carbocycles. The average Bonchev–Trinajstić information content (AvgIpc) is 3.36. The third-order valence-corrected chi connectivity index (χ3v) is 4.93. The Hall–Kier alpha value is -2.66. The highest BCUT2D eigenvalue weighted by molar-refractivity contribution is 7.14. The summed E-state index contributed by atoms with van der Waals surface area (Å²) in [5.41, 5.74) is 1.53. The summed E-state index contributed by atoms with van der Waals surface area (Å²) >= 11 is 2.81. The summed E-state index contributed by atoms with van der Waals surface area (Å²) < 4.78 is 6.44. The number of thiophene rings is 1. The van der Waals surface area contributed by atoms with Crippen LogP contribution in [0.2, 0.25) is 0 Å². The summed E-state index contributed by atoms with van der Waals surface area (Å²) in [4.78, 5) is 28.2. The van der Waals surface area contributed by atoms with Crippen molar-refractivity contribution in [2.24, 2.45) is 0 Å². The Morgan fingerprint density at radius 3 is 2.96 bits per heavy atom. The van der Waals surface area contributed by atoms with Crippen molar-refractivity contribution in [3.05, 3.63) is 39.8 Å². The van der Waals surface area contributed by atoms with Gasteiger partial charge in [0, 0.05) is 5.38 Å². The maximum absolute atomic E-state index is 12.4. The number of tetrazole rings is 1. The molecule has 3 aromatic rings. The zero-order valence-electron chi connectivity index (χ0n) is 13.9. The molecule has 0 unspecified atom stereocenters. The maximum atomic E-state index is 12.4. The van der Waals surface area contributed by atoms with Gasteiger partial charge in [-0.1, -0.05) is 0 Å². The first-order chi connectivity index (χ1) is 12.7. The molecule has 0 aliphatic carbocycles. The lowest BCUT2D eigenvalue weighted by Crippen LogP contribution is -2.20. The van der Waals surface area contributed by atoms with E-state index in [2.05, 4.69) is 25.8 Å². The molecule has 0 saturated heterocycles. The molecule has 0 saturated carbocycles. The minimum absolute atomic E-state index is 0.0857. The van der Waals surface area contributed by atoms with Gasteiger partial charge in [0.25, 0.3) is 0 Å². The van der Waals surface area contributed by atoms with Gasteiger partial charge >= 0.3 is 5.97 Å². The van der Waals surface area contributed by atoms with Crippen LogP contribution in [0.4, 0.5) is 5.13 Å². The third-order valence-electron chi connectivity index (χ3n) is 3.42. The number of ether oxygens (including phenoxy) is 1. The molecule has 9 nitrogen and oxygen atoms in total. The first-order valence-electron chi connectivity index (χ1n) is 7.80. The number of hydrogen-bond acceptors (Lipinski definition) is 9. The van der Waals surface area contributed by atoms with Gasteiger partial charge in [0.15, 0.2) is 5.13 Å². The average molecular weight is 392 g/mol. The van der Waals surface area contributed by atoms with Gasteiger partial charge in [0.05, 0.1) is 31.2 Å². The van der Waals surface area contributed by atoms with Crippen molar-refractivity contribution < 1.29 is 14.3 Å². The Kier molecular flexibility index (Phi) is 6.02. The van der Waals surface area contributed by atoms with Crippen molar-refractivity contribution in [1.82, 2.24) is 25.2 Å². The van der Waals surface area contributed by atoms with Crippen molar-refractivity contribution in [3.8, 4) is 0 Å². The minimum Gasteiger partial charge on any atom is -0.466 e. The molecule has 1 amide bonds. The summed E-state index contributed by atoms with van der Waals surface area (Å²) in [5.74, 6) is -0.555. The van der Waals surface area contributed by atoms with E-state index in [1.807, 2.05) is 16.8 Å². The van der Waals surface area contributed by atoms with Gasteiger partial charge in [-0.15, -0.1) is 16.4 Å². The Labute approximate surface area is 157 Å². The smallest absolute Gasteiger partial charge is 0.311 e. The number of nitrogens with zero attached hydrogens (tertiary/aromatic N) is 5. The fourth-order valence-electron chi connectivity index (χ4n) is 2.29. The molecule has 3 heterocycles. The van der Waals surface area contributed by atoms with Crippen molar-refractivity contribution >= 4 is 39.7 Å². The van der Waals surface area contributed by atoms with E-state index in [1.54, 1.807) is 28.3 Å². The molecule has 1 N–H and O–H groups in total. The predicted octanol–water partition coefficient (Wildman–Crippen LogP) is 1.91. The first kappa shape index (κ1) is 18.1. The quantitative estimate of drug-likeness (QED) is 0.583. The van der Waals surface area contributed by atoms with Crippen molar-refractivity contribution in [2.45, 2.75) is 25.8 Å². The summed E-state index contributed by atoms with van der Waals surface area (Å²) in [6.45, 7) is 2.08. The van der Waals surface area contributed by atoms with E-state index < -0.39 is 0 Å². The topological polar surface area (TPSA) is 112 Å². The Morgan fingerprint density at radius 1 is 1.38 bits per heavy atom. The number of amides is 1. The first-order valence-corrected chi connectivity index (χ1v) is 9.62. The van der Waals surface area contributed by atoms with E-state index in [4.69, 9.17) is 4.74 Å². The lowest BCUT2D eigenvalue weighted by Gasteiger charge is -2.14. The largest absolute Gasteiger partial charge is 0.466 e. The molecule has 0 radical (unpaired) electrons. The second kappa shape index (κ2) is 8.63. The predicted molar refractivity (Wildman–Crippen MR) is 96.0 cm³/mol. The molecule has 136 valence electrons. The van der Waals surface area contributed by atoms with Crippen LogP contribution in [0.25, 0.3) is 0 Å². The molecule has 11 heteroatoms. The van der Waals surface area contributed by atoms with Gasteiger partial charge in [-0.3, -0.25) is 9.59 Å². The van der Waals surface area contributed by atoms with Crippen LogP contribution in [0.15, 0.2) is 28.5 Å². The minimum atomic E-state index is -0.341. The Balaban J connectivity index is 1.62. The Bertz CT molecular complexity index is 813. The number of esters is 1. The number of thiazole rings is 1. The number of hydrogen-bond donors (Lipinski definition) is 1. The second-order valence-corrected chi connectivity index (χ2v) is 6.88. The zero-order chi connectivity index (χ0) is 18.4. The number of aromatic nitrogens is 5. The summed E-state index contributed by atoms with van der Waals surface area (Å²) in [6, 6.07) is 1.64. The van der Waals surface area contributed by atoms with Crippen LogP contribution in [-0.4, -0.2) is 43.7 Å². The van der Waals surface area contributed by atoms with Crippen molar-refractivity contribution in [1.29, 1.82) is 0 Å². The van der Waals surface area contributed by atoms with Crippen LogP contribution >= 0.6 is 22.7 Å². The van der Waals surface area contributed by atoms with E-state index >= 15 is 0 Å². The standard InChI is InChI=1S/C15H16N6O3S2/c1-2-24-14(23)5-11-8-26-15(17-11)18-13(22)6-12(10-3-4-25-7-10)21-9-16-19-20-21/h3-4,7-9,12H,2,5-6H2,1H3,(H,17,18,22)/t12-/m1/s1. The molecule has 0 fully saturated rings. The van der Waals surface area contributed by atoms with Gasteiger partial charge in [-0.05, 0) is 39.7 Å². The van der Waals surface area contributed by atoms with E-state index in [0.29, 0.717) is 17.4 Å². The number of anilines is 1. The van der Waals surface area contributed by atoms with Crippen LogP contribution in [0.5, 0.6) is 0 Å². The highest BCUT2D eigenvalue weighted by atomic mass is 32.1. The monoisotopic (exact) mass is 392 g/mol. The third kappa shape index (κ3) is 4.70. The molecule has 0 bridgehead atoms. The van der Waals surface area contributed by atoms with E-state index in [9.17, 15) is 9.59 Å². The van der Waals surface area contributed by atoms with E-state index in [-0.39, 0.29) is 30.8 Å². The molecule has 3 rings (SSSR count). The van der Waals surface area contributed by atoms with Crippen molar-refractivity contribution in [3.63, 3.8) is 0 Å². The summed E-state index contributed by atoms with van der Waals surface area (Å²) in [5, 5.41) is 20.0. The van der Waals surface area contributed by atoms with Gasteiger partial charge in [0.2, 0.25) is 5.91 Å². The molecule has 1 atom stereocenters. The number of carbonyl (C=O) groups excluding carboxylic acids is 2. The number of carbonyl (C=O) groups is 2. The Morgan fingerprint density at radius 2 is 2.27 bits per heavy atom. The molecule has 3 aromatic heterocycles. The number of rotatable bonds is 8. The van der Waals surface area contributed by atoms with Crippen molar-refractivity contribution in [2.75, 3.05) is 11.9 Å². The van der Waals surface area contributed by atoms with Crippen LogP contribution in [0.3, 0.4) is 0 Å². The van der Waals surface area contributed by atoms with E-state index in [1.165, 1.54) is 17.7 Å². The highest BCUT2D eigenvalue weighted by Crippen LogP contribution is 2.24.